The molecule has 2 aromatic rings. The van der Waals surface area contributed by atoms with Crippen molar-refractivity contribution in [3.63, 3.8) is 0 Å². The van der Waals surface area contributed by atoms with Crippen molar-refractivity contribution < 1.29 is 0 Å². The van der Waals surface area contributed by atoms with Gasteiger partial charge in [-0.2, -0.15) is 5.10 Å². The summed E-state index contributed by atoms with van der Waals surface area (Å²) in [5.41, 5.74) is 3.55. The molecule has 0 aliphatic heterocycles. The first-order valence-corrected chi connectivity index (χ1v) is 7.35. The molecule has 21 heavy (non-hydrogen) atoms. The zero-order valence-corrected chi connectivity index (χ0v) is 13.2. The van der Waals surface area contributed by atoms with E-state index in [4.69, 9.17) is 0 Å². The largest absolute Gasteiger partial charge is 0.311 e. The SMILES string of the molecule is Cc1cccc(-n2nc(CNCC(C)C)c(=O)cc2C)c1. The topological polar surface area (TPSA) is 46.9 Å². The van der Waals surface area contributed by atoms with E-state index in [1.165, 1.54) is 5.56 Å². The third kappa shape index (κ3) is 4.02. The predicted molar refractivity (Wildman–Crippen MR) is 85.9 cm³/mol. The molecule has 2 rings (SSSR count). The van der Waals surface area contributed by atoms with Gasteiger partial charge in [-0.25, -0.2) is 4.68 Å². The van der Waals surface area contributed by atoms with Gasteiger partial charge in [0.2, 0.25) is 5.43 Å². The van der Waals surface area contributed by atoms with Crippen molar-refractivity contribution in [2.75, 3.05) is 6.54 Å². The number of rotatable bonds is 5. The lowest BCUT2D eigenvalue weighted by atomic mass is 10.2. The molecule has 0 aliphatic rings. The van der Waals surface area contributed by atoms with Crippen LogP contribution in [0.15, 0.2) is 35.1 Å². The van der Waals surface area contributed by atoms with Crippen molar-refractivity contribution in [2.45, 2.75) is 34.2 Å². The molecule has 0 radical (unpaired) electrons. The third-order valence-electron chi connectivity index (χ3n) is 3.27. The minimum Gasteiger partial charge on any atom is -0.311 e. The Kier molecular flexibility index (Phi) is 4.91. The highest BCUT2D eigenvalue weighted by molar-refractivity contribution is 5.36. The van der Waals surface area contributed by atoms with Crippen LogP contribution < -0.4 is 10.7 Å². The molecule has 4 nitrogen and oxygen atoms in total. The van der Waals surface area contributed by atoms with Crippen LogP contribution in [0.3, 0.4) is 0 Å². The van der Waals surface area contributed by atoms with Crippen molar-refractivity contribution >= 4 is 0 Å². The maximum atomic E-state index is 12.1. The zero-order chi connectivity index (χ0) is 15.4. The summed E-state index contributed by atoms with van der Waals surface area (Å²) < 4.78 is 1.83. The van der Waals surface area contributed by atoms with Gasteiger partial charge < -0.3 is 5.32 Å². The average molecular weight is 285 g/mol. The van der Waals surface area contributed by atoms with E-state index < -0.39 is 0 Å². The molecule has 0 unspecified atom stereocenters. The lowest BCUT2D eigenvalue weighted by Gasteiger charge is -2.12. The molecule has 1 aromatic carbocycles. The molecule has 1 heterocycles. The summed E-state index contributed by atoms with van der Waals surface area (Å²) in [7, 11) is 0. The van der Waals surface area contributed by atoms with Gasteiger partial charge in [0, 0.05) is 18.3 Å². The maximum Gasteiger partial charge on any atom is 0.204 e. The van der Waals surface area contributed by atoms with E-state index in [9.17, 15) is 4.79 Å². The third-order valence-corrected chi connectivity index (χ3v) is 3.27. The fourth-order valence-corrected chi connectivity index (χ4v) is 2.21. The molecular formula is C17H23N3O. The van der Waals surface area contributed by atoms with Crippen molar-refractivity contribution in [2.24, 2.45) is 5.92 Å². The number of benzene rings is 1. The maximum absolute atomic E-state index is 12.1. The highest BCUT2D eigenvalue weighted by Crippen LogP contribution is 2.10. The van der Waals surface area contributed by atoms with Gasteiger partial charge in [0.1, 0.15) is 5.69 Å². The zero-order valence-electron chi connectivity index (χ0n) is 13.2. The van der Waals surface area contributed by atoms with Crippen LogP contribution in [0.2, 0.25) is 0 Å². The Morgan fingerprint density at radius 1 is 1.24 bits per heavy atom. The number of nitrogens with zero attached hydrogens (tertiary/aromatic N) is 2. The number of nitrogens with one attached hydrogen (secondary N) is 1. The lowest BCUT2D eigenvalue weighted by Crippen LogP contribution is -2.26. The van der Waals surface area contributed by atoms with E-state index in [1.54, 1.807) is 6.07 Å². The van der Waals surface area contributed by atoms with Crippen LogP contribution in [-0.2, 0) is 6.54 Å². The molecule has 0 fully saturated rings. The Labute approximate surface area is 125 Å². The van der Waals surface area contributed by atoms with Crippen molar-refractivity contribution in [3.05, 3.63) is 57.5 Å². The monoisotopic (exact) mass is 285 g/mol. The van der Waals surface area contributed by atoms with Crippen LogP contribution in [0.4, 0.5) is 0 Å². The standard InChI is InChI=1S/C17H23N3O/c1-12(2)10-18-11-16-17(21)9-14(4)20(19-16)15-7-5-6-13(3)8-15/h5-9,12,18H,10-11H2,1-4H3. The highest BCUT2D eigenvalue weighted by atomic mass is 16.1. The Balaban J connectivity index is 2.32. The Morgan fingerprint density at radius 3 is 2.67 bits per heavy atom. The quantitative estimate of drug-likeness (QED) is 0.918. The van der Waals surface area contributed by atoms with Crippen LogP contribution in [0.5, 0.6) is 0 Å². The predicted octanol–water partition coefficient (Wildman–Crippen LogP) is 2.59. The highest BCUT2D eigenvalue weighted by Gasteiger charge is 2.08. The molecular weight excluding hydrogens is 262 g/mol. The van der Waals surface area contributed by atoms with Gasteiger partial charge in [0.05, 0.1) is 5.69 Å². The van der Waals surface area contributed by atoms with Gasteiger partial charge >= 0.3 is 0 Å². The first-order chi connectivity index (χ1) is 9.97. The summed E-state index contributed by atoms with van der Waals surface area (Å²) in [6.07, 6.45) is 0. The van der Waals surface area contributed by atoms with E-state index in [1.807, 2.05) is 36.7 Å². The summed E-state index contributed by atoms with van der Waals surface area (Å²) in [6.45, 7) is 9.61. The van der Waals surface area contributed by atoms with E-state index in [0.29, 0.717) is 18.2 Å². The lowest BCUT2D eigenvalue weighted by molar-refractivity contribution is 0.541. The fourth-order valence-electron chi connectivity index (χ4n) is 2.21. The molecule has 112 valence electrons. The molecule has 4 heteroatoms. The van der Waals surface area contributed by atoms with E-state index >= 15 is 0 Å². The second-order valence-electron chi connectivity index (χ2n) is 5.87. The van der Waals surface area contributed by atoms with Gasteiger partial charge in [-0.15, -0.1) is 0 Å². The molecule has 0 aliphatic carbocycles. The van der Waals surface area contributed by atoms with E-state index in [-0.39, 0.29) is 5.43 Å². The molecule has 0 amide bonds. The second kappa shape index (κ2) is 6.68. The summed E-state index contributed by atoms with van der Waals surface area (Å²) in [5.74, 6) is 0.550. The summed E-state index contributed by atoms with van der Waals surface area (Å²) in [4.78, 5) is 12.1. The van der Waals surface area contributed by atoms with Crippen molar-refractivity contribution in [1.82, 2.24) is 15.1 Å². The van der Waals surface area contributed by atoms with Gasteiger partial charge in [0.15, 0.2) is 0 Å². The minimum absolute atomic E-state index is 0.00680. The van der Waals surface area contributed by atoms with Crippen molar-refractivity contribution in [1.29, 1.82) is 0 Å². The molecule has 0 atom stereocenters. The fraction of sp³-hybridized carbons (Fsp3) is 0.412. The Hall–Kier alpha value is -1.94. The number of hydrogen-bond acceptors (Lipinski definition) is 3. The van der Waals surface area contributed by atoms with Crippen LogP contribution in [0, 0.1) is 19.8 Å². The number of aryl methyl sites for hydroxylation is 2. The normalized spacial score (nSPS) is 11.1. The van der Waals surface area contributed by atoms with Crippen molar-refractivity contribution in [3.8, 4) is 5.69 Å². The number of hydrogen-bond donors (Lipinski definition) is 1. The second-order valence-corrected chi connectivity index (χ2v) is 5.87. The first-order valence-electron chi connectivity index (χ1n) is 7.35. The van der Waals surface area contributed by atoms with Crippen LogP contribution in [0.1, 0.15) is 30.8 Å². The molecule has 1 N–H and O–H groups in total. The molecule has 0 saturated heterocycles. The summed E-state index contributed by atoms with van der Waals surface area (Å²) >= 11 is 0. The van der Waals surface area contributed by atoms with Crippen LogP contribution in [-0.4, -0.2) is 16.3 Å². The molecule has 0 spiro atoms. The Bertz CT molecular complexity index is 674. The summed E-state index contributed by atoms with van der Waals surface area (Å²) in [6, 6.07) is 9.77. The van der Waals surface area contributed by atoms with Gasteiger partial charge in [0.25, 0.3) is 0 Å². The van der Waals surface area contributed by atoms with E-state index in [0.717, 1.165) is 17.9 Å². The van der Waals surface area contributed by atoms with Gasteiger partial charge in [-0.3, -0.25) is 4.79 Å². The minimum atomic E-state index is -0.00680. The molecule has 1 aromatic heterocycles. The van der Waals surface area contributed by atoms with Crippen LogP contribution in [0.25, 0.3) is 5.69 Å². The first kappa shape index (κ1) is 15.4. The van der Waals surface area contributed by atoms with E-state index in [2.05, 4.69) is 30.3 Å². The summed E-state index contributed by atoms with van der Waals surface area (Å²) in [5, 5.41) is 7.80. The van der Waals surface area contributed by atoms with Gasteiger partial charge in [-0.1, -0.05) is 26.0 Å². The molecule has 0 saturated carbocycles. The Morgan fingerprint density at radius 2 is 2.00 bits per heavy atom. The average Bonchev–Trinajstić information content (AvgIpc) is 2.40. The molecule has 0 bridgehead atoms. The smallest absolute Gasteiger partial charge is 0.204 e. The number of aromatic nitrogens is 2. The van der Waals surface area contributed by atoms with Crippen LogP contribution >= 0.6 is 0 Å². The van der Waals surface area contributed by atoms with Gasteiger partial charge in [-0.05, 0) is 44.0 Å².